The Labute approximate surface area is 76.1 Å². The Hall–Kier alpha value is -1.36. The Kier molecular flexibility index (Phi) is 1.63. The molecule has 1 aliphatic heterocycles. The summed E-state index contributed by atoms with van der Waals surface area (Å²) in [6.07, 6.45) is 1.83. The number of nitrogens with zero attached hydrogens (tertiary/aromatic N) is 3. The number of nitrogens with two attached hydrogens (primary N) is 1. The monoisotopic (exact) mass is 180 g/mol. The Morgan fingerprint density at radius 3 is 2.77 bits per heavy atom. The molecule has 1 atom stereocenters. The zero-order valence-electron chi connectivity index (χ0n) is 7.69. The third-order valence-corrected chi connectivity index (χ3v) is 2.24. The second-order valence-electron chi connectivity index (χ2n) is 3.33. The van der Waals surface area contributed by atoms with Gasteiger partial charge in [0.05, 0.1) is 17.9 Å². The fraction of sp³-hybridized carbons (Fsp3) is 0.500. The molecule has 0 aliphatic carbocycles. The lowest BCUT2D eigenvalue weighted by Crippen LogP contribution is -2.61. The van der Waals surface area contributed by atoms with E-state index in [9.17, 15) is 4.79 Å². The lowest BCUT2D eigenvalue weighted by atomic mass is 10.1. The van der Waals surface area contributed by atoms with Gasteiger partial charge in [-0.25, -0.2) is 0 Å². The Bertz CT molecular complexity index is 357. The normalized spacial score (nSPS) is 21.9. The van der Waals surface area contributed by atoms with Gasteiger partial charge in [0.25, 0.3) is 0 Å². The van der Waals surface area contributed by atoms with Crippen molar-refractivity contribution in [1.82, 2.24) is 9.78 Å². The molecule has 1 aromatic rings. The standard InChI is InChI=1S/C8H12N4O/c1-5-7(4-11(2)10-5)12-3-6(9)8(12)13/h4,6H,3,9H2,1-2H3. The molecule has 1 aromatic heterocycles. The second kappa shape index (κ2) is 2.56. The van der Waals surface area contributed by atoms with Crippen LogP contribution >= 0.6 is 0 Å². The van der Waals surface area contributed by atoms with E-state index in [2.05, 4.69) is 5.10 Å². The first-order valence-electron chi connectivity index (χ1n) is 4.17. The van der Waals surface area contributed by atoms with Crippen molar-refractivity contribution in [3.8, 4) is 0 Å². The van der Waals surface area contributed by atoms with Crippen molar-refractivity contribution in [2.24, 2.45) is 12.8 Å². The quantitative estimate of drug-likeness (QED) is 0.587. The molecule has 2 heterocycles. The number of anilines is 1. The zero-order valence-corrected chi connectivity index (χ0v) is 7.69. The Morgan fingerprint density at radius 1 is 1.69 bits per heavy atom. The molecule has 5 nitrogen and oxygen atoms in total. The maximum absolute atomic E-state index is 11.3. The van der Waals surface area contributed by atoms with Crippen LogP contribution < -0.4 is 10.6 Å². The summed E-state index contributed by atoms with van der Waals surface area (Å²) in [5.41, 5.74) is 7.22. The maximum Gasteiger partial charge on any atom is 0.245 e. The van der Waals surface area contributed by atoms with E-state index in [-0.39, 0.29) is 11.9 Å². The zero-order chi connectivity index (χ0) is 9.59. The van der Waals surface area contributed by atoms with Crippen molar-refractivity contribution < 1.29 is 4.79 Å². The van der Waals surface area contributed by atoms with Gasteiger partial charge in [-0.3, -0.25) is 9.48 Å². The van der Waals surface area contributed by atoms with Gasteiger partial charge in [0.1, 0.15) is 6.04 Å². The molecule has 2 N–H and O–H groups in total. The number of aromatic nitrogens is 2. The minimum Gasteiger partial charge on any atom is -0.318 e. The van der Waals surface area contributed by atoms with Gasteiger partial charge in [-0.2, -0.15) is 5.10 Å². The van der Waals surface area contributed by atoms with Gasteiger partial charge in [0, 0.05) is 13.2 Å². The summed E-state index contributed by atoms with van der Waals surface area (Å²) in [6, 6.07) is -0.320. The molecule has 13 heavy (non-hydrogen) atoms. The van der Waals surface area contributed by atoms with E-state index in [0.717, 1.165) is 11.4 Å². The summed E-state index contributed by atoms with van der Waals surface area (Å²) < 4.78 is 1.70. The van der Waals surface area contributed by atoms with Gasteiger partial charge in [-0.15, -0.1) is 0 Å². The number of aryl methyl sites for hydroxylation is 2. The summed E-state index contributed by atoms with van der Waals surface area (Å²) in [5.74, 6) is -0.0175. The molecular weight excluding hydrogens is 168 g/mol. The van der Waals surface area contributed by atoms with Crippen LogP contribution in [0.15, 0.2) is 6.20 Å². The van der Waals surface area contributed by atoms with Crippen LogP contribution in [0.3, 0.4) is 0 Å². The molecule has 0 radical (unpaired) electrons. The van der Waals surface area contributed by atoms with E-state index >= 15 is 0 Å². The molecule has 0 bridgehead atoms. The molecule has 2 rings (SSSR count). The SMILES string of the molecule is Cc1nn(C)cc1N1CC(N)C1=O. The van der Waals surface area contributed by atoms with Crippen molar-refractivity contribution in [2.75, 3.05) is 11.4 Å². The number of hydrogen-bond donors (Lipinski definition) is 1. The molecule has 1 unspecified atom stereocenters. The highest BCUT2D eigenvalue weighted by atomic mass is 16.2. The van der Waals surface area contributed by atoms with Crippen LogP contribution in [0.5, 0.6) is 0 Å². The van der Waals surface area contributed by atoms with Gasteiger partial charge in [-0.1, -0.05) is 0 Å². The highest BCUT2D eigenvalue weighted by Crippen LogP contribution is 2.23. The van der Waals surface area contributed by atoms with E-state index in [1.54, 1.807) is 9.58 Å². The minimum atomic E-state index is -0.320. The number of carbonyl (C=O) groups is 1. The van der Waals surface area contributed by atoms with Crippen LogP contribution in [0.25, 0.3) is 0 Å². The Balaban J connectivity index is 2.27. The highest BCUT2D eigenvalue weighted by Gasteiger charge is 2.35. The summed E-state index contributed by atoms with van der Waals surface area (Å²) in [5, 5.41) is 4.16. The number of carbonyl (C=O) groups excluding carboxylic acids is 1. The summed E-state index contributed by atoms with van der Waals surface area (Å²) >= 11 is 0. The molecule has 0 aromatic carbocycles. The van der Waals surface area contributed by atoms with Crippen LogP contribution in [0.2, 0.25) is 0 Å². The van der Waals surface area contributed by atoms with Crippen molar-refractivity contribution in [2.45, 2.75) is 13.0 Å². The van der Waals surface area contributed by atoms with E-state index in [0.29, 0.717) is 6.54 Å². The van der Waals surface area contributed by atoms with E-state index in [1.807, 2.05) is 20.2 Å². The van der Waals surface area contributed by atoms with Crippen molar-refractivity contribution in [3.63, 3.8) is 0 Å². The van der Waals surface area contributed by atoms with Gasteiger partial charge in [0.15, 0.2) is 0 Å². The van der Waals surface area contributed by atoms with Crippen LogP contribution in [-0.2, 0) is 11.8 Å². The molecule has 70 valence electrons. The van der Waals surface area contributed by atoms with Crippen LogP contribution in [0, 0.1) is 6.92 Å². The third kappa shape index (κ3) is 1.12. The fourth-order valence-electron chi connectivity index (χ4n) is 1.52. The van der Waals surface area contributed by atoms with E-state index in [1.165, 1.54) is 0 Å². The average molecular weight is 180 g/mol. The first-order valence-corrected chi connectivity index (χ1v) is 4.17. The first kappa shape index (κ1) is 8.25. The van der Waals surface area contributed by atoms with Crippen molar-refractivity contribution >= 4 is 11.6 Å². The molecular formula is C8H12N4O. The van der Waals surface area contributed by atoms with Crippen LogP contribution in [0.4, 0.5) is 5.69 Å². The van der Waals surface area contributed by atoms with Crippen LogP contribution in [-0.4, -0.2) is 28.3 Å². The predicted molar refractivity (Wildman–Crippen MR) is 48.3 cm³/mol. The number of hydrogen-bond acceptors (Lipinski definition) is 3. The predicted octanol–water partition coefficient (Wildman–Crippen LogP) is -0.598. The molecule has 1 amide bonds. The second-order valence-corrected chi connectivity index (χ2v) is 3.33. The Morgan fingerprint density at radius 2 is 2.38 bits per heavy atom. The van der Waals surface area contributed by atoms with Gasteiger partial charge in [-0.05, 0) is 6.92 Å². The topological polar surface area (TPSA) is 64.2 Å². The molecule has 5 heteroatoms. The molecule has 0 spiro atoms. The molecule has 1 aliphatic rings. The number of β-lactam (4-membered cyclic amide) rings is 1. The van der Waals surface area contributed by atoms with Gasteiger partial charge in [0.2, 0.25) is 5.91 Å². The van der Waals surface area contributed by atoms with Gasteiger partial charge < -0.3 is 10.6 Å². The lowest BCUT2D eigenvalue weighted by Gasteiger charge is -2.35. The highest BCUT2D eigenvalue weighted by molar-refractivity contribution is 6.04. The fourth-order valence-corrected chi connectivity index (χ4v) is 1.52. The van der Waals surface area contributed by atoms with Crippen LogP contribution in [0.1, 0.15) is 5.69 Å². The smallest absolute Gasteiger partial charge is 0.245 e. The number of rotatable bonds is 1. The van der Waals surface area contributed by atoms with Crippen molar-refractivity contribution in [3.05, 3.63) is 11.9 Å². The van der Waals surface area contributed by atoms with E-state index in [4.69, 9.17) is 5.73 Å². The largest absolute Gasteiger partial charge is 0.318 e. The first-order chi connectivity index (χ1) is 6.09. The third-order valence-electron chi connectivity index (χ3n) is 2.24. The van der Waals surface area contributed by atoms with E-state index < -0.39 is 0 Å². The summed E-state index contributed by atoms with van der Waals surface area (Å²) in [6.45, 7) is 2.48. The van der Waals surface area contributed by atoms with Gasteiger partial charge >= 0.3 is 0 Å². The molecule has 1 fully saturated rings. The number of amides is 1. The average Bonchev–Trinajstić information content (AvgIpc) is 2.40. The van der Waals surface area contributed by atoms with Crippen molar-refractivity contribution in [1.29, 1.82) is 0 Å². The lowest BCUT2D eigenvalue weighted by molar-refractivity contribution is -0.123. The molecule has 0 saturated carbocycles. The summed E-state index contributed by atoms with van der Waals surface area (Å²) in [4.78, 5) is 12.9. The maximum atomic E-state index is 11.3. The minimum absolute atomic E-state index is 0.0175. The summed E-state index contributed by atoms with van der Waals surface area (Å²) in [7, 11) is 1.83. The molecule has 1 saturated heterocycles.